The van der Waals surface area contributed by atoms with Crippen LogP contribution in [0.15, 0.2) is 24.4 Å². The number of carbonyl (C=O) groups excluding carboxylic acids is 1. The first-order valence-electron chi connectivity index (χ1n) is 10.1. The molecule has 2 N–H and O–H groups in total. The Kier molecular flexibility index (Phi) is 5.30. The molecule has 9 heteroatoms. The van der Waals surface area contributed by atoms with Crippen LogP contribution in [0, 0.1) is 18.2 Å². The molecule has 1 amide bonds. The molecule has 4 rings (SSSR count). The minimum Gasteiger partial charge on any atom is -0.467 e. The van der Waals surface area contributed by atoms with Gasteiger partial charge in [0.15, 0.2) is 5.82 Å². The van der Waals surface area contributed by atoms with Crippen molar-refractivity contribution in [1.29, 1.82) is 0 Å². The smallest absolute Gasteiger partial charge is 0.258 e. The first-order valence-corrected chi connectivity index (χ1v) is 10.1. The van der Waals surface area contributed by atoms with Crippen molar-refractivity contribution in [2.24, 2.45) is 0 Å². The van der Waals surface area contributed by atoms with Gasteiger partial charge < -0.3 is 15.4 Å². The summed E-state index contributed by atoms with van der Waals surface area (Å²) < 4.78 is 21.7. The van der Waals surface area contributed by atoms with Gasteiger partial charge in [0.05, 0.1) is 29.7 Å². The minimum atomic E-state index is -0.714. The number of amides is 1. The summed E-state index contributed by atoms with van der Waals surface area (Å²) in [5.41, 5.74) is 8.80. The number of nitrogens with two attached hydrogens (primary N) is 1. The molecule has 1 atom stereocenters. The maximum Gasteiger partial charge on any atom is 0.258 e. The molecule has 0 fully saturated rings. The topological polar surface area (TPSA) is 99.2 Å². The van der Waals surface area contributed by atoms with Gasteiger partial charge in [-0.25, -0.2) is 14.4 Å². The van der Waals surface area contributed by atoms with E-state index in [1.165, 1.54) is 29.3 Å². The number of nitrogen functional groups attached to an aromatic ring is 1. The molecule has 1 unspecified atom stereocenters. The molecule has 32 heavy (non-hydrogen) atoms. The van der Waals surface area contributed by atoms with E-state index in [1.807, 2.05) is 13.8 Å². The molecule has 0 saturated carbocycles. The number of hydrogen-bond acceptors (Lipinski definition) is 6. The number of rotatable bonds is 1. The number of ether oxygens (including phenoxy) is 1. The zero-order chi connectivity index (χ0) is 23.2. The van der Waals surface area contributed by atoms with Crippen molar-refractivity contribution in [1.82, 2.24) is 24.6 Å². The molecule has 3 heterocycles. The van der Waals surface area contributed by atoms with Gasteiger partial charge in [0.25, 0.3) is 11.8 Å². The normalized spacial score (nSPS) is 15.8. The Bertz CT molecular complexity index is 1260. The standard InChI is InChI=1S/C23H23FN6O2/c1-6-19-20-17-10-26-21(25)22(27-17)32-13(4)16-9-14(24)7-8-15(16)23(31)29(5)11-18(20)28-30(19)12(2)3/h1,7-10,12-13H,11H2,2-5H3,(H2,25,26). The molecule has 2 aromatic heterocycles. The monoisotopic (exact) mass is 434 g/mol. The van der Waals surface area contributed by atoms with E-state index >= 15 is 0 Å². The number of hydrogen-bond donors (Lipinski definition) is 1. The number of nitrogens with zero attached hydrogens (tertiary/aromatic N) is 5. The van der Waals surface area contributed by atoms with E-state index in [0.717, 1.165) is 0 Å². The van der Waals surface area contributed by atoms with Gasteiger partial charge in [-0.1, -0.05) is 0 Å². The third-order valence-corrected chi connectivity index (χ3v) is 5.34. The molecular formula is C23H23FN6O2. The molecule has 0 spiro atoms. The fourth-order valence-electron chi connectivity index (χ4n) is 3.76. The van der Waals surface area contributed by atoms with Gasteiger partial charge in [0.1, 0.15) is 17.6 Å². The summed E-state index contributed by atoms with van der Waals surface area (Å²) in [5, 5.41) is 4.67. The summed E-state index contributed by atoms with van der Waals surface area (Å²) in [7, 11) is 1.65. The van der Waals surface area contributed by atoms with E-state index in [1.54, 1.807) is 18.7 Å². The number of terminal acetylenes is 1. The number of aromatic nitrogens is 4. The Morgan fingerprint density at radius 2 is 2.12 bits per heavy atom. The highest BCUT2D eigenvalue weighted by molar-refractivity contribution is 5.95. The van der Waals surface area contributed by atoms with E-state index in [0.29, 0.717) is 33.8 Å². The third-order valence-electron chi connectivity index (χ3n) is 5.34. The molecule has 1 aliphatic rings. The van der Waals surface area contributed by atoms with Gasteiger partial charge in [-0.2, -0.15) is 5.10 Å². The van der Waals surface area contributed by atoms with Crippen LogP contribution in [0.25, 0.3) is 11.3 Å². The highest BCUT2D eigenvalue weighted by Gasteiger charge is 2.28. The second kappa shape index (κ2) is 7.96. The number of anilines is 1. The third kappa shape index (κ3) is 3.54. The zero-order valence-electron chi connectivity index (χ0n) is 18.3. The van der Waals surface area contributed by atoms with Crippen molar-refractivity contribution < 1.29 is 13.9 Å². The van der Waals surface area contributed by atoms with Crippen LogP contribution in [0.3, 0.4) is 0 Å². The van der Waals surface area contributed by atoms with Crippen LogP contribution in [0.1, 0.15) is 60.2 Å². The van der Waals surface area contributed by atoms with E-state index in [9.17, 15) is 9.18 Å². The lowest BCUT2D eigenvalue weighted by Crippen LogP contribution is -2.28. The van der Waals surface area contributed by atoms with Crippen molar-refractivity contribution in [2.45, 2.75) is 39.5 Å². The van der Waals surface area contributed by atoms with Gasteiger partial charge in [0, 0.05) is 24.2 Å². The highest BCUT2D eigenvalue weighted by Crippen LogP contribution is 2.34. The largest absolute Gasteiger partial charge is 0.467 e. The average Bonchev–Trinajstić information content (AvgIpc) is 3.12. The average molecular weight is 434 g/mol. The fraction of sp³-hybridized carbons (Fsp3) is 0.304. The van der Waals surface area contributed by atoms with Crippen LogP contribution in [0.5, 0.6) is 5.88 Å². The van der Waals surface area contributed by atoms with Crippen LogP contribution < -0.4 is 10.5 Å². The first-order chi connectivity index (χ1) is 15.2. The second-order valence-electron chi connectivity index (χ2n) is 7.95. The van der Waals surface area contributed by atoms with Gasteiger partial charge in [-0.05, 0) is 44.9 Å². The summed E-state index contributed by atoms with van der Waals surface area (Å²) in [6, 6.07) is 3.95. The van der Waals surface area contributed by atoms with Gasteiger partial charge in [0.2, 0.25) is 0 Å². The van der Waals surface area contributed by atoms with Crippen molar-refractivity contribution in [3.63, 3.8) is 0 Å². The maximum atomic E-state index is 14.0. The molecule has 0 aliphatic carbocycles. The molecule has 164 valence electrons. The summed E-state index contributed by atoms with van der Waals surface area (Å²) >= 11 is 0. The van der Waals surface area contributed by atoms with Crippen molar-refractivity contribution in [2.75, 3.05) is 12.8 Å². The number of benzene rings is 1. The summed E-state index contributed by atoms with van der Waals surface area (Å²) in [6.45, 7) is 5.77. The predicted molar refractivity (Wildman–Crippen MR) is 117 cm³/mol. The lowest BCUT2D eigenvalue weighted by Gasteiger charge is -2.23. The van der Waals surface area contributed by atoms with Crippen LogP contribution in [-0.4, -0.2) is 37.6 Å². The van der Waals surface area contributed by atoms with Gasteiger partial charge in [-0.3, -0.25) is 9.48 Å². The number of carbonyl (C=O) groups is 1. The number of halogens is 1. The Morgan fingerprint density at radius 3 is 2.81 bits per heavy atom. The van der Waals surface area contributed by atoms with E-state index in [2.05, 4.69) is 21.0 Å². The van der Waals surface area contributed by atoms with Crippen LogP contribution in [0.2, 0.25) is 0 Å². The quantitative estimate of drug-likeness (QED) is 0.590. The fourth-order valence-corrected chi connectivity index (χ4v) is 3.76. The molecule has 0 saturated heterocycles. The molecule has 0 radical (unpaired) electrons. The van der Waals surface area contributed by atoms with Crippen LogP contribution in [0.4, 0.5) is 10.2 Å². The predicted octanol–water partition coefficient (Wildman–Crippen LogP) is 3.35. The molecule has 1 aliphatic heterocycles. The maximum absolute atomic E-state index is 14.0. The van der Waals surface area contributed by atoms with E-state index in [4.69, 9.17) is 16.9 Å². The second-order valence-corrected chi connectivity index (χ2v) is 7.95. The van der Waals surface area contributed by atoms with Crippen molar-refractivity contribution in [3.05, 3.63) is 52.7 Å². The van der Waals surface area contributed by atoms with Crippen molar-refractivity contribution >= 4 is 11.7 Å². The Morgan fingerprint density at radius 1 is 1.38 bits per heavy atom. The van der Waals surface area contributed by atoms with Gasteiger partial charge in [-0.15, -0.1) is 6.42 Å². The molecule has 2 bridgehead atoms. The van der Waals surface area contributed by atoms with Crippen LogP contribution >= 0.6 is 0 Å². The highest BCUT2D eigenvalue weighted by atomic mass is 19.1. The van der Waals surface area contributed by atoms with Crippen LogP contribution in [-0.2, 0) is 6.54 Å². The lowest BCUT2D eigenvalue weighted by molar-refractivity contribution is 0.0778. The van der Waals surface area contributed by atoms with Crippen molar-refractivity contribution in [3.8, 4) is 29.5 Å². The molecule has 8 nitrogen and oxygen atoms in total. The number of fused-ring (bicyclic) bond motifs is 5. The van der Waals surface area contributed by atoms with E-state index < -0.39 is 11.9 Å². The lowest BCUT2D eigenvalue weighted by atomic mass is 10.0. The SMILES string of the molecule is C#Cc1c2c(nn1C(C)C)CN(C)C(=O)c1ccc(F)cc1C(C)Oc1nc-2cnc1N. The minimum absolute atomic E-state index is 0.0218. The molecule has 1 aromatic carbocycles. The summed E-state index contributed by atoms with van der Waals surface area (Å²) in [6.07, 6.45) is 6.62. The Hall–Kier alpha value is -3.93. The Balaban J connectivity index is 1.99. The van der Waals surface area contributed by atoms with E-state index in [-0.39, 0.29) is 30.2 Å². The molecule has 3 aromatic rings. The van der Waals surface area contributed by atoms with Gasteiger partial charge >= 0.3 is 0 Å². The Labute approximate surface area is 185 Å². The summed E-state index contributed by atoms with van der Waals surface area (Å²) in [5.74, 6) is 2.05. The molecular weight excluding hydrogens is 411 g/mol. The summed E-state index contributed by atoms with van der Waals surface area (Å²) in [4.78, 5) is 23.6. The first kappa shape index (κ1) is 21.3. The zero-order valence-corrected chi connectivity index (χ0v) is 18.3.